The van der Waals surface area contributed by atoms with Crippen LogP contribution in [0.4, 0.5) is 4.39 Å². The Labute approximate surface area is 142 Å². The molecule has 0 amide bonds. The monoisotopic (exact) mass is 332 g/mol. The van der Waals surface area contributed by atoms with Crippen LogP contribution in [0.3, 0.4) is 0 Å². The van der Waals surface area contributed by atoms with Crippen molar-refractivity contribution < 1.29 is 4.39 Å². The van der Waals surface area contributed by atoms with Gasteiger partial charge in [-0.15, -0.1) is 10.2 Å². The topological polar surface area (TPSA) is 67.1 Å². The number of halogens is 1. The molecule has 0 aliphatic rings. The molecule has 6 nitrogen and oxygen atoms in total. The van der Waals surface area contributed by atoms with Crippen LogP contribution < -0.4 is 10.6 Å². The molecule has 0 saturated carbocycles. The standard InChI is InChI=1S/C17H25FN6/c1-4-5-9-19-17(20-11-14-7-6-8-15(18)10-14)21-12-16-23-22-13(2)24(16)3/h6-8,10H,4-5,9,11-12H2,1-3H3,(H2,19,20,21). The summed E-state index contributed by atoms with van der Waals surface area (Å²) in [7, 11) is 1.93. The van der Waals surface area contributed by atoms with E-state index in [1.54, 1.807) is 6.07 Å². The van der Waals surface area contributed by atoms with Crippen molar-refractivity contribution in [2.24, 2.45) is 12.0 Å². The van der Waals surface area contributed by atoms with Gasteiger partial charge in [-0.25, -0.2) is 9.38 Å². The van der Waals surface area contributed by atoms with E-state index in [0.717, 1.165) is 36.6 Å². The third-order valence-electron chi connectivity index (χ3n) is 3.73. The Morgan fingerprint density at radius 1 is 1.29 bits per heavy atom. The average Bonchev–Trinajstić information content (AvgIpc) is 2.89. The summed E-state index contributed by atoms with van der Waals surface area (Å²) >= 11 is 0. The van der Waals surface area contributed by atoms with Gasteiger partial charge >= 0.3 is 0 Å². The van der Waals surface area contributed by atoms with Crippen molar-refractivity contribution in [1.82, 2.24) is 25.4 Å². The first-order chi connectivity index (χ1) is 11.6. The molecule has 0 radical (unpaired) electrons. The van der Waals surface area contributed by atoms with E-state index in [1.807, 2.05) is 24.6 Å². The Bertz CT molecular complexity index is 679. The summed E-state index contributed by atoms with van der Waals surface area (Å²) in [6, 6.07) is 6.49. The fourth-order valence-corrected chi connectivity index (χ4v) is 2.13. The van der Waals surface area contributed by atoms with Crippen LogP contribution >= 0.6 is 0 Å². The van der Waals surface area contributed by atoms with E-state index in [9.17, 15) is 4.39 Å². The van der Waals surface area contributed by atoms with Crippen molar-refractivity contribution in [3.8, 4) is 0 Å². The molecule has 0 spiro atoms. The number of benzene rings is 1. The Hall–Kier alpha value is -2.44. The number of aromatic nitrogens is 3. The molecule has 2 N–H and O–H groups in total. The zero-order valence-electron chi connectivity index (χ0n) is 14.5. The smallest absolute Gasteiger partial charge is 0.191 e. The van der Waals surface area contributed by atoms with Crippen molar-refractivity contribution >= 4 is 5.96 Å². The molecular formula is C17H25FN6. The van der Waals surface area contributed by atoms with Gasteiger partial charge in [-0.3, -0.25) is 0 Å². The molecule has 2 rings (SSSR count). The number of unbranched alkanes of at least 4 members (excludes halogenated alkanes) is 1. The number of nitrogens with zero attached hydrogens (tertiary/aromatic N) is 4. The SMILES string of the molecule is CCCCNC(=NCc1cccc(F)c1)NCc1nnc(C)n1C. The van der Waals surface area contributed by atoms with Crippen molar-refractivity contribution in [1.29, 1.82) is 0 Å². The van der Waals surface area contributed by atoms with Gasteiger partial charge in [0.1, 0.15) is 11.6 Å². The highest BCUT2D eigenvalue weighted by Crippen LogP contribution is 2.04. The predicted octanol–water partition coefficient (Wildman–Crippen LogP) is 2.30. The first-order valence-corrected chi connectivity index (χ1v) is 8.21. The van der Waals surface area contributed by atoms with E-state index in [4.69, 9.17) is 0 Å². The fourth-order valence-electron chi connectivity index (χ4n) is 2.13. The zero-order chi connectivity index (χ0) is 17.4. The van der Waals surface area contributed by atoms with E-state index in [-0.39, 0.29) is 5.82 Å². The van der Waals surface area contributed by atoms with Gasteiger partial charge in [-0.1, -0.05) is 25.5 Å². The molecular weight excluding hydrogens is 307 g/mol. The molecule has 0 saturated heterocycles. The predicted molar refractivity (Wildman–Crippen MR) is 93.0 cm³/mol. The number of rotatable bonds is 7. The van der Waals surface area contributed by atoms with Gasteiger partial charge in [0.25, 0.3) is 0 Å². The van der Waals surface area contributed by atoms with Crippen LogP contribution in [0.5, 0.6) is 0 Å². The molecule has 0 bridgehead atoms. The highest BCUT2D eigenvalue weighted by atomic mass is 19.1. The second kappa shape index (κ2) is 9.00. The van der Waals surface area contributed by atoms with Gasteiger partial charge in [0, 0.05) is 13.6 Å². The van der Waals surface area contributed by atoms with Crippen LogP contribution in [0.1, 0.15) is 37.0 Å². The van der Waals surface area contributed by atoms with Crippen LogP contribution in [-0.4, -0.2) is 27.3 Å². The maximum absolute atomic E-state index is 13.3. The first kappa shape index (κ1) is 17.9. The summed E-state index contributed by atoms with van der Waals surface area (Å²) in [5, 5.41) is 14.7. The van der Waals surface area contributed by atoms with Crippen molar-refractivity contribution in [3.63, 3.8) is 0 Å². The molecule has 0 atom stereocenters. The maximum Gasteiger partial charge on any atom is 0.191 e. The Morgan fingerprint density at radius 2 is 2.12 bits per heavy atom. The summed E-state index contributed by atoms with van der Waals surface area (Å²) in [6.45, 7) is 5.83. The lowest BCUT2D eigenvalue weighted by Crippen LogP contribution is -2.38. The number of hydrogen-bond donors (Lipinski definition) is 2. The van der Waals surface area contributed by atoms with Crippen LogP contribution in [0, 0.1) is 12.7 Å². The van der Waals surface area contributed by atoms with Gasteiger partial charge in [0.05, 0.1) is 13.1 Å². The van der Waals surface area contributed by atoms with E-state index in [1.165, 1.54) is 12.1 Å². The van der Waals surface area contributed by atoms with E-state index >= 15 is 0 Å². The summed E-state index contributed by atoms with van der Waals surface area (Å²) in [5.74, 6) is 2.14. The maximum atomic E-state index is 13.3. The lowest BCUT2D eigenvalue weighted by Gasteiger charge is -2.12. The molecule has 7 heteroatoms. The summed E-state index contributed by atoms with van der Waals surface area (Å²) < 4.78 is 15.2. The lowest BCUT2D eigenvalue weighted by molar-refractivity contribution is 0.625. The zero-order valence-corrected chi connectivity index (χ0v) is 14.5. The molecule has 0 aliphatic carbocycles. The van der Waals surface area contributed by atoms with Crippen LogP contribution in [-0.2, 0) is 20.1 Å². The van der Waals surface area contributed by atoms with Crippen LogP contribution in [0.15, 0.2) is 29.3 Å². The molecule has 0 fully saturated rings. The number of aryl methyl sites for hydroxylation is 1. The van der Waals surface area contributed by atoms with E-state index in [0.29, 0.717) is 19.0 Å². The molecule has 2 aromatic rings. The summed E-state index contributed by atoms with van der Waals surface area (Å²) in [5.41, 5.74) is 0.834. The van der Waals surface area contributed by atoms with Gasteiger partial charge in [0.2, 0.25) is 0 Å². The summed E-state index contributed by atoms with van der Waals surface area (Å²) in [6.07, 6.45) is 2.16. The minimum absolute atomic E-state index is 0.245. The van der Waals surface area contributed by atoms with Crippen molar-refractivity contribution in [3.05, 3.63) is 47.3 Å². The molecule has 1 aromatic heterocycles. The van der Waals surface area contributed by atoms with E-state index in [2.05, 4.69) is 32.7 Å². The van der Waals surface area contributed by atoms with Gasteiger partial charge < -0.3 is 15.2 Å². The third-order valence-corrected chi connectivity index (χ3v) is 3.73. The third kappa shape index (κ3) is 5.33. The Balaban J connectivity index is 2.00. The second-order valence-electron chi connectivity index (χ2n) is 5.65. The lowest BCUT2D eigenvalue weighted by atomic mass is 10.2. The number of guanidine groups is 1. The molecule has 130 valence electrons. The minimum Gasteiger partial charge on any atom is -0.356 e. The first-order valence-electron chi connectivity index (χ1n) is 8.21. The second-order valence-corrected chi connectivity index (χ2v) is 5.65. The number of nitrogens with one attached hydrogen (secondary N) is 2. The molecule has 1 heterocycles. The molecule has 0 unspecified atom stereocenters. The van der Waals surface area contributed by atoms with Crippen molar-refractivity contribution in [2.75, 3.05) is 6.54 Å². The quantitative estimate of drug-likeness (QED) is 0.464. The normalized spacial score (nSPS) is 11.6. The Kier molecular flexibility index (Phi) is 6.72. The van der Waals surface area contributed by atoms with Crippen LogP contribution in [0.2, 0.25) is 0 Å². The van der Waals surface area contributed by atoms with Gasteiger partial charge in [0.15, 0.2) is 11.8 Å². The number of aliphatic imine (C=N–C) groups is 1. The van der Waals surface area contributed by atoms with Gasteiger partial charge in [-0.2, -0.15) is 0 Å². The largest absolute Gasteiger partial charge is 0.356 e. The molecule has 0 aliphatic heterocycles. The fraction of sp³-hybridized carbons (Fsp3) is 0.471. The summed E-state index contributed by atoms with van der Waals surface area (Å²) in [4.78, 5) is 4.53. The minimum atomic E-state index is -0.245. The highest BCUT2D eigenvalue weighted by molar-refractivity contribution is 5.79. The highest BCUT2D eigenvalue weighted by Gasteiger charge is 2.06. The van der Waals surface area contributed by atoms with Crippen molar-refractivity contribution in [2.45, 2.75) is 39.8 Å². The van der Waals surface area contributed by atoms with E-state index < -0.39 is 0 Å². The molecule has 1 aromatic carbocycles. The number of hydrogen-bond acceptors (Lipinski definition) is 3. The average molecular weight is 332 g/mol. The van der Waals surface area contributed by atoms with Gasteiger partial charge in [-0.05, 0) is 31.0 Å². The van der Waals surface area contributed by atoms with Crippen LogP contribution in [0.25, 0.3) is 0 Å². The molecule has 24 heavy (non-hydrogen) atoms. The Morgan fingerprint density at radius 3 is 2.79 bits per heavy atom.